The van der Waals surface area contributed by atoms with E-state index < -0.39 is 17.9 Å². The van der Waals surface area contributed by atoms with Crippen LogP contribution in [0.25, 0.3) is 0 Å². The van der Waals surface area contributed by atoms with Crippen LogP contribution in [0.2, 0.25) is 5.02 Å². The van der Waals surface area contributed by atoms with Crippen LogP contribution in [0.5, 0.6) is 17.4 Å². The summed E-state index contributed by atoms with van der Waals surface area (Å²) in [5.74, 6) is 1.18. The van der Waals surface area contributed by atoms with Gasteiger partial charge in [-0.15, -0.1) is 0 Å². The Bertz CT molecular complexity index is 1530. The predicted octanol–water partition coefficient (Wildman–Crippen LogP) is 3.39. The standard InChI is InChI=1S/C27H26ClN5O6/c1-38-24-13-12-23(15-29-24)39-22-10-8-20(9-11-22)30-25-31-26(36)33(17-21(35)3-2-14-34)27(37)32(25)16-18-4-6-19(28)7-5-18/h4-13,15,34H,2-3,14,16-17H2,1H3,(H,30,31,36). The van der Waals surface area contributed by atoms with E-state index >= 15 is 0 Å². The van der Waals surface area contributed by atoms with Crippen molar-refractivity contribution in [2.24, 2.45) is 0 Å². The van der Waals surface area contributed by atoms with Gasteiger partial charge in [-0.1, -0.05) is 23.7 Å². The van der Waals surface area contributed by atoms with Crippen molar-refractivity contribution in [1.29, 1.82) is 0 Å². The third-order valence-electron chi connectivity index (χ3n) is 5.62. The topological polar surface area (TPSA) is 138 Å². The summed E-state index contributed by atoms with van der Waals surface area (Å²) in [6.45, 7) is -0.525. The lowest BCUT2D eigenvalue weighted by Crippen LogP contribution is -2.44. The smallest absolute Gasteiger partial charge is 0.355 e. The molecule has 0 bridgehead atoms. The van der Waals surface area contributed by atoms with Crippen LogP contribution >= 0.6 is 11.6 Å². The van der Waals surface area contributed by atoms with Crippen LogP contribution in [0.4, 0.5) is 11.6 Å². The Kier molecular flexibility index (Phi) is 9.08. The number of aliphatic hydroxyl groups is 1. The fraction of sp³-hybridized carbons (Fsp3) is 0.222. The van der Waals surface area contributed by atoms with Crippen LogP contribution in [0.3, 0.4) is 0 Å². The summed E-state index contributed by atoms with van der Waals surface area (Å²) in [6, 6.07) is 17.1. The van der Waals surface area contributed by atoms with Gasteiger partial charge in [0.05, 0.1) is 26.4 Å². The number of ether oxygens (including phenoxy) is 2. The van der Waals surface area contributed by atoms with E-state index in [4.69, 9.17) is 26.2 Å². The number of halogens is 1. The minimum atomic E-state index is -0.862. The molecule has 0 saturated heterocycles. The normalized spacial score (nSPS) is 10.7. The van der Waals surface area contributed by atoms with Crippen molar-refractivity contribution >= 4 is 29.0 Å². The molecule has 12 heteroatoms. The third-order valence-corrected chi connectivity index (χ3v) is 5.87. The minimum Gasteiger partial charge on any atom is -0.481 e. The van der Waals surface area contributed by atoms with Crippen LogP contribution in [0, 0.1) is 0 Å². The molecule has 11 nitrogen and oxygen atoms in total. The van der Waals surface area contributed by atoms with Crippen molar-refractivity contribution in [3.05, 3.63) is 98.4 Å². The molecular weight excluding hydrogens is 526 g/mol. The molecule has 0 amide bonds. The number of benzene rings is 2. The molecule has 2 aromatic carbocycles. The molecule has 0 aliphatic heterocycles. The Morgan fingerprint density at radius 3 is 2.36 bits per heavy atom. The highest BCUT2D eigenvalue weighted by atomic mass is 35.5. The summed E-state index contributed by atoms with van der Waals surface area (Å²) in [5, 5.41) is 12.5. The number of nitrogens with zero attached hydrogens (tertiary/aromatic N) is 4. The first-order chi connectivity index (χ1) is 18.9. The Hall–Kier alpha value is -4.48. The van der Waals surface area contributed by atoms with Crippen molar-refractivity contribution in [2.75, 3.05) is 19.0 Å². The predicted molar refractivity (Wildman–Crippen MR) is 145 cm³/mol. The van der Waals surface area contributed by atoms with E-state index in [9.17, 15) is 14.4 Å². The van der Waals surface area contributed by atoms with E-state index in [-0.39, 0.29) is 37.7 Å². The van der Waals surface area contributed by atoms with Gasteiger partial charge in [-0.3, -0.25) is 9.36 Å². The first-order valence-corrected chi connectivity index (χ1v) is 12.4. The van der Waals surface area contributed by atoms with Crippen LogP contribution in [-0.2, 0) is 17.9 Å². The van der Waals surface area contributed by atoms with E-state index in [1.807, 2.05) is 0 Å². The van der Waals surface area contributed by atoms with E-state index in [2.05, 4.69) is 15.3 Å². The molecule has 4 rings (SSSR count). The Morgan fingerprint density at radius 1 is 1.00 bits per heavy atom. The summed E-state index contributed by atoms with van der Waals surface area (Å²) in [6.07, 6.45) is 1.82. The number of anilines is 2. The molecule has 39 heavy (non-hydrogen) atoms. The molecule has 2 N–H and O–H groups in total. The molecule has 0 aliphatic rings. The summed E-state index contributed by atoms with van der Waals surface area (Å²) in [4.78, 5) is 46.5. The first kappa shape index (κ1) is 27.6. The number of aromatic nitrogens is 4. The molecule has 0 saturated carbocycles. The van der Waals surface area contributed by atoms with Gasteiger partial charge in [0.1, 0.15) is 11.5 Å². The number of carbonyl (C=O) groups is 1. The number of ketones is 1. The lowest BCUT2D eigenvalue weighted by Gasteiger charge is -2.16. The van der Waals surface area contributed by atoms with Crippen molar-refractivity contribution in [3.8, 4) is 17.4 Å². The van der Waals surface area contributed by atoms with Gasteiger partial charge in [-0.25, -0.2) is 19.1 Å². The number of nitrogens with one attached hydrogen (secondary N) is 1. The number of rotatable bonds is 12. The molecular formula is C27H26ClN5O6. The SMILES string of the molecule is COc1ccc(Oc2ccc(Nc3nc(=O)n(CC(=O)CCCO)c(=O)n3Cc3ccc(Cl)cc3)cc2)cn1. The molecule has 0 radical (unpaired) electrons. The Morgan fingerprint density at radius 2 is 1.72 bits per heavy atom. The highest BCUT2D eigenvalue weighted by Gasteiger charge is 2.16. The molecule has 0 atom stereocenters. The summed E-state index contributed by atoms with van der Waals surface area (Å²) < 4.78 is 12.9. The zero-order valence-electron chi connectivity index (χ0n) is 21.0. The van der Waals surface area contributed by atoms with Gasteiger partial charge in [0.15, 0.2) is 5.78 Å². The molecule has 202 valence electrons. The van der Waals surface area contributed by atoms with Crippen molar-refractivity contribution in [1.82, 2.24) is 19.1 Å². The molecule has 0 unspecified atom stereocenters. The second kappa shape index (κ2) is 12.9. The van der Waals surface area contributed by atoms with Gasteiger partial charge in [0.2, 0.25) is 11.8 Å². The summed E-state index contributed by atoms with van der Waals surface area (Å²) in [5.41, 5.74) is -0.279. The maximum absolute atomic E-state index is 13.4. The van der Waals surface area contributed by atoms with Gasteiger partial charge in [-0.05, 0) is 54.4 Å². The van der Waals surface area contributed by atoms with Crippen molar-refractivity contribution < 1.29 is 19.4 Å². The number of carbonyl (C=O) groups excluding carboxylic acids is 1. The number of methoxy groups -OCH3 is 1. The van der Waals surface area contributed by atoms with Crippen LogP contribution in [0.15, 0.2) is 76.4 Å². The van der Waals surface area contributed by atoms with Crippen LogP contribution < -0.4 is 26.2 Å². The van der Waals surface area contributed by atoms with Gasteiger partial charge in [0, 0.05) is 29.8 Å². The van der Waals surface area contributed by atoms with E-state index in [0.717, 1.165) is 10.1 Å². The summed E-state index contributed by atoms with van der Waals surface area (Å²) in [7, 11) is 1.53. The number of aliphatic hydroxyl groups excluding tert-OH is 1. The fourth-order valence-electron chi connectivity index (χ4n) is 3.63. The average Bonchev–Trinajstić information content (AvgIpc) is 2.94. The maximum Gasteiger partial charge on any atom is 0.355 e. The minimum absolute atomic E-state index is 0.00651. The van der Waals surface area contributed by atoms with Gasteiger partial charge in [-0.2, -0.15) is 4.98 Å². The zero-order valence-corrected chi connectivity index (χ0v) is 21.8. The van der Waals surface area contributed by atoms with E-state index in [1.54, 1.807) is 60.7 Å². The molecule has 0 aliphatic carbocycles. The largest absolute Gasteiger partial charge is 0.481 e. The first-order valence-electron chi connectivity index (χ1n) is 12.0. The average molecular weight is 552 g/mol. The highest BCUT2D eigenvalue weighted by Crippen LogP contribution is 2.24. The quantitative estimate of drug-likeness (QED) is 0.271. The van der Waals surface area contributed by atoms with Gasteiger partial charge < -0.3 is 19.9 Å². The van der Waals surface area contributed by atoms with Gasteiger partial charge >= 0.3 is 11.4 Å². The number of hydrogen-bond acceptors (Lipinski definition) is 9. The van der Waals surface area contributed by atoms with Crippen molar-refractivity contribution in [2.45, 2.75) is 25.9 Å². The zero-order chi connectivity index (χ0) is 27.8. The lowest BCUT2D eigenvalue weighted by molar-refractivity contribution is -0.120. The molecule has 4 aromatic rings. The lowest BCUT2D eigenvalue weighted by atomic mass is 10.2. The highest BCUT2D eigenvalue weighted by molar-refractivity contribution is 6.30. The van der Waals surface area contributed by atoms with Crippen molar-refractivity contribution in [3.63, 3.8) is 0 Å². The van der Waals surface area contributed by atoms with E-state index in [1.165, 1.54) is 17.9 Å². The van der Waals surface area contributed by atoms with Crippen LogP contribution in [0.1, 0.15) is 18.4 Å². The molecule has 2 heterocycles. The second-order valence-electron chi connectivity index (χ2n) is 8.45. The number of Topliss-reactive ketones (excluding diaryl/α,β-unsaturated/α-hetero) is 1. The summed E-state index contributed by atoms with van der Waals surface area (Å²) >= 11 is 5.99. The third kappa shape index (κ3) is 7.30. The maximum atomic E-state index is 13.4. The molecule has 2 aromatic heterocycles. The fourth-order valence-corrected chi connectivity index (χ4v) is 3.75. The Labute approximate surface area is 228 Å². The molecule has 0 spiro atoms. The number of hydrogen-bond donors (Lipinski definition) is 2. The van der Waals surface area contributed by atoms with E-state index in [0.29, 0.717) is 28.1 Å². The second-order valence-corrected chi connectivity index (χ2v) is 8.89. The van der Waals surface area contributed by atoms with Crippen LogP contribution in [-0.4, -0.2) is 43.7 Å². The molecule has 0 fully saturated rings. The Balaban J connectivity index is 1.61. The monoisotopic (exact) mass is 551 g/mol. The van der Waals surface area contributed by atoms with Gasteiger partial charge in [0.25, 0.3) is 0 Å². The number of pyridine rings is 1.